The van der Waals surface area contributed by atoms with Gasteiger partial charge < -0.3 is 16.2 Å². The molecule has 0 amide bonds. The minimum atomic E-state index is -1.04. The minimum absolute atomic E-state index is 0.0473. The molecule has 0 aliphatic carbocycles. The summed E-state index contributed by atoms with van der Waals surface area (Å²) >= 11 is 6.14. The van der Waals surface area contributed by atoms with E-state index in [-0.39, 0.29) is 17.3 Å². The van der Waals surface area contributed by atoms with Crippen LogP contribution in [0.25, 0.3) is 0 Å². The van der Waals surface area contributed by atoms with Crippen molar-refractivity contribution in [3.8, 4) is 0 Å². The molecule has 0 radical (unpaired) electrons. The molecule has 0 spiro atoms. The second-order valence-corrected chi connectivity index (χ2v) is 4.90. The summed E-state index contributed by atoms with van der Waals surface area (Å²) in [7, 11) is 0. The molecule has 2 rings (SSSR count). The molecule has 20 heavy (non-hydrogen) atoms. The van der Waals surface area contributed by atoms with Crippen molar-refractivity contribution >= 4 is 28.9 Å². The molecule has 0 saturated heterocycles. The van der Waals surface area contributed by atoms with Crippen LogP contribution >= 0.6 is 11.6 Å². The molecule has 5 heteroatoms. The van der Waals surface area contributed by atoms with Crippen LogP contribution in [0.2, 0.25) is 5.02 Å². The molecule has 0 bridgehead atoms. The average molecular weight is 291 g/mol. The van der Waals surface area contributed by atoms with E-state index in [0.717, 1.165) is 5.56 Å². The molecule has 104 valence electrons. The highest BCUT2D eigenvalue weighted by molar-refractivity contribution is 6.31. The molecule has 0 saturated carbocycles. The van der Waals surface area contributed by atoms with E-state index in [4.69, 9.17) is 22.4 Å². The van der Waals surface area contributed by atoms with E-state index in [1.807, 2.05) is 31.2 Å². The largest absolute Gasteiger partial charge is 0.478 e. The minimum Gasteiger partial charge on any atom is -0.478 e. The van der Waals surface area contributed by atoms with Crippen LogP contribution in [0.5, 0.6) is 0 Å². The first-order chi connectivity index (χ1) is 9.49. The van der Waals surface area contributed by atoms with E-state index in [1.165, 1.54) is 6.07 Å². The van der Waals surface area contributed by atoms with Gasteiger partial charge in [0.25, 0.3) is 0 Å². The van der Waals surface area contributed by atoms with Crippen molar-refractivity contribution in [2.75, 3.05) is 11.1 Å². The molecule has 1 unspecified atom stereocenters. The van der Waals surface area contributed by atoms with Gasteiger partial charge in [0.2, 0.25) is 0 Å². The molecule has 0 aliphatic rings. The van der Waals surface area contributed by atoms with Crippen LogP contribution in [0.3, 0.4) is 0 Å². The number of benzene rings is 2. The first-order valence-electron chi connectivity index (χ1n) is 6.13. The number of nitrogen functional groups attached to an aromatic ring is 1. The van der Waals surface area contributed by atoms with Gasteiger partial charge in [-0.25, -0.2) is 4.79 Å². The van der Waals surface area contributed by atoms with Gasteiger partial charge in [-0.05, 0) is 36.8 Å². The van der Waals surface area contributed by atoms with E-state index >= 15 is 0 Å². The van der Waals surface area contributed by atoms with E-state index < -0.39 is 5.97 Å². The van der Waals surface area contributed by atoms with Crippen LogP contribution < -0.4 is 11.1 Å². The van der Waals surface area contributed by atoms with Gasteiger partial charge in [0.1, 0.15) is 0 Å². The Morgan fingerprint density at radius 2 is 2.00 bits per heavy atom. The fourth-order valence-electron chi connectivity index (χ4n) is 1.99. The zero-order chi connectivity index (χ0) is 14.7. The lowest BCUT2D eigenvalue weighted by atomic mass is 10.1. The molecule has 1 atom stereocenters. The summed E-state index contributed by atoms with van der Waals surface area (Å²) in [6.45, 7) is 1.96. The third-order valence-electron chi connectivity index (χ3n) is 3.04. The average Bonchev–Trinajstić information content (AvgIpc) is 2.41. The Kier molecular flexibility index (Phi) is 4.15. The van der Waals surface area contributed by atoms with Crippen LogP contribution in [0.1, 0.15) is 28.9 Å². The summed E-state index contributed by atoms with van der Waals surface area (Å²) in [5.74, 6) is -1.04. The maximum absolute atomic E-state index is 11.1. The maximum atomic E-state index is 11.1. The number of anilines is 2. The maximum Gasteiger partial charge on any atom is 0.337 e. The van der Waals surface area contributed by atoms with Crippen molar-refractivity contribution in [1.29, 1.82) is 0 Å². The van der Waals surface area contributed by atoms with Crippen molar-refractivity contribution in [2.45, 2.75) is 13.0 Å². The number of halogens is 1. The van der Waals surface area contributed by atoms with E-state index in [1.54, 1.807) is 12.1 Å². The molecule has 4 N–H and O–H groups in total. The quantitative estimate of drug-likeness (QED) is 0.749. The second kappa shape index (κ2) is 5.84. The van der Waals surface area contributed by atoms with Gasteiger partial charge in [0.05, 0.1) is 5.56 Å². The molecule has 2 aromatic carbocycles. The van der Waals surface area contributed by atoms with Crippen molar-refractivity contribution in [2.24, 2.45) is 0 Å². The molecule has 0 aromatic heterocycles. The lowest BCUT2D eigenvalue weighted by Gasteiger charge is -2.17. The van der Waals surface area contributed by atoms with Crippen LogP contribution in [-0.2, 0) is 0 Å². The second-order valence-electron chi connectivity index (χ2n) is 4.49. The van der Waals surface area contributed by atoms with Crippen molar-refractivity contribution in [3.05, 3.63) is 58.6 Å². The number of hydrogen-bond acceptors (Lipinski definition) is 3. The zero-order valence-electron chi connectivity index (χ0n) is 10.9. The van der Waals surface area contributed by atoms with Gasteiger partial charge in [-0.3, -0.25) is 0 Å². The first kappa shape index (κ1) is 14.2. The number of rotatable bonds is 4. The Balaban J connectivity index is 2.24. The lowest BCUT2D eigenvalue weighted by molar-refractivity contribution is 0.0698. The fraction of sp³-hybridized carbons (Fsp3) is 0.133. The van der Waals surface area contributed by atoms with E-state index in [2.05, 4.69) is 5.32 Å². The number of carboxylic acids is 1. The zero-order valence-corrected chi connectivity index (χ0v) is 11.7. The standard InChI is InChI=1S/C15H15ClN2O2/c1-9(11-4-2-3-5-13(11)16)18-10-6-7-14(17)12(8-10)15(19)20/h2-9,18H,17H2,1H3,(H,19,20). The monoisotopic (exact) mass is 290 g/mol. The predicted molar refractivity (Wildman–Crippen MR) is 81.3 cm³/mol. The summed E-state index contributed by atoms with van der Waals surface area (Å²) in [6, 6.07) is 12.3. The van der Waals surface area contributed by atoms with Crippen molar-refractivity contribution in [3.63, 3.8) is 0 Å². The van der Waals surface area contributed by atoms with Crippen LogP contribution in [0.4, 0.5) is 11.4 Å². The van der Waals surface area contributed by atoms with Gasteiger partial charge >= 0.3 is 5.97 Å². The summed E-state index contributed by atoms with van der Waals surface area (Å²) < 4.78 is 0. The van der Waals surface area contributed by atoms with Crippen molar-refractivity contribution in [1.82, 2.24) is 0 Å². The Morgan fingerprint density at radius 3 is 2.65 bits per heavy atom. The number of carboxylic acid groups (broad SMARTS) is 1. The Labute approximate surface area is 122 Å². The molecule has 0 aliphatic heterocycles. The van der Waals surface area contributed by atoms with Gasteiger partial charge in [0, 0.05) is 22.4 Å². The van der Waals surface area contributed by atoms with Crippen LogP contribution in [0, 0.1) is 0 Å². The van der Waals surface area contributed by atoms with E-state index in [9.17, 15) is 4.79 Å². The number of hydrogen-bond donors (Lipinski definition) is 3. The first-order valence-corrected chi connectivity index (χ1v) is 6.50. The summed E-state index contributed by atoms with van der Waals surface area (Å²) in [5, 5.41) is 12.9. The number of nitrogens with one attached hydrogen (secondary N) is 1. The SMILES string of the molecule is CC(Nc1ccc(N)c(C(=O)O)c1)c1ccccc1Cl. The molecule has 2 aromatic rings. The van der Waals surface area contributed by atoms with Gasteiger partial charge in [-0.2, -0.15) is 0 Å². The molecule has 0 heterocycles. The highest BCUT2D eigenvalue weighted by Crippen LogP contribution is 2.27. The topological polar surface area (TPSA) is 75.3 Å². The Morgan fingerprint density at radius 1 is 1.30 bits per heavy atom. The van der Waals surface area contributed by atoms with Gasteiger partial charge in [0.15, 0.2) is 0 Å². The summed E-state index contributed by atoms with van der Waals surface area (Å²) in [5.41, 5.74) is 7.59. The molecule has 4 nitrogen and oxygen atoms in total. The number of aromatic carboxylic acids is 1. The van der Waals surface area contributed by atoms with Gasteiger partial charge in [-0.15, -0.1) is 0 Å². The normalized spacial score (nSPS) is 11.9. The lowest BCUT2D eigenvalue weighted by Crippen LogP contribution is -2.09. The Bertz CT molecular complexity index is 644. The number of nitrogens with two attached hydrogens (primary N) is 1. The molecular formula is C15H15ClN2O2. The molecule has 0 fully saturated rings. The van der Waals surface area contributed by atoms with Gasteiger partial charge in [-0.1, -0.05) is 29.8 Å². The fourth-order valence-corrected chi connectivity index (χ4v) is 2.28. The Hall–Kier alpha value is -2.20. The highest BCUT2D eigenvalue weighted by Gasteiger charge is 2.12. The van der Waals surface area contributed by atoms with E-state index in [0.29, 0.717) is 10.7 Å². The predicted octanol–water partition coefficient (Wildman–Crippen LogP) is 3.79. The smallest absolute Gasteiger partial charge is 0.337 e. The summed E-state index contributed by atoms with van der Waals surface area (Å²) in [4.78, 5) is 11.1. The van der Waals surface area contributed by atoms with Crippen molar-refractivity contribution < 1.29 is 9.90 Å². The molecular weight excluding hydrogens is 276 g/mol. The number of carbonyl (C=O) groups is 1. The third-order valence-corrected chi connectivity index (χ3v) is 3.38. The third kappa shape index (κ3) is 3.03. The summed E-state index contributed by atoms with van der Waals surface area (Å²) in [6.07, 6.45) is 0. The highest BCUT2D eigenvalue weighted by atomic mass is 35.5. The van der Waals surface area contributed by atoms with Crippen LogP contribution in [-0.4, -0.2) is 11.1 Å². The van der Waals surface area contributed by atoms with Crippen LogP contribution in [0.15, 0.2) is 42.5 Å².